The number of aryl methyl sites for hydroxylation is 1. The summed E-state index contributed by atoms with van der Waals surface area (Å²) < 4.78 is 0. The standard InChI is InChI=1S/C16H26N2/c1-5-14-6-8-15(9-7-14)18-10-13(2)17-11-16(3,4)12-18/h6-9,13,17H,5,10-12H2,1-4H3. The van der Waals surface area contributed by atoms with Crippen LogP contribution in [0.1, 0.15) is 33.3 Å². The zero-order chi connectivity index (χ0) is 13.2. The monoisotopic (exact) mass is 246 g/mol. The van der Waals surface area contributed by atoms with E-state index in [9.17, 15) is 0 Å². The van der Waals surface area contributed by atoms with Crippen molar-refractivity contribution in [3.8, 4) is 0 Å². The zero-order valence-electron chi connectivity index (χ0n) is 12.2. The molecule has 100 valence electrons. The Labute approximate surface area is 111 Å². The van der Waals surface area contributed by atoms with Crippen molar-refractivity contribution in [2.24, 2.45) is 5.41 Å². The minimum absolute atomic E-state index is 0.328. The molecule has 0 saturated carbocycles. The molecule has 0 aromatic heterocycles. The second-order valence-electron chi connectivity index (χ2n) is 6.35. The highest BCUT2D eigenvalue weighted by atomic mass is 15.2. The van der Waals surface area contributed by atoms with Crippen molar-refractivity contribution in [2.45, 2.75) is 40.2 Å². The van der Waals surface area contributed by atoms with Gasteiger partial charge in [-0.3, -0.25) is 0 Å². The first kappa shape index (κ1) is 13.4. The Balaban J connectivity index is 2.18. The Morgan fingerprint density at radius 2 is 1.94 bits per heavy atom. The number of rotatable bonds is 2. The normalized spacial score (nSPS) is 23.8. The minimum atomic E-state index is 0.328. The molecule has 2 nitrogen and oxygen atoms in total. The fraction of sp³-hybridized carbons (Fsp3) is 0.625. The quantitative estimate of drug-likeness (QED) is 0.862. The smallest absolute Gasteiger partial charge is 0.0367 e. The number of nitrogens with one attached hydrogen (secondary N) is 1. The molecule has 1 aliphatic heterocycles. The summed E-state index contributed by atoms with van der Waals surface area (Å²) in [4.78, 5) is 2.52. The summed E-state index contributed by atoms with van der Waals surface area (Å²) in [6.45, 7) is 12.5. The van der Waals surface area contributed by atoms with Crippen LogP contribution in [0.3, 0.4) is 0 Å². The van der Waals surface area contributed by atoms with E-state index in [2.05, 4.69) is 62.2 Å². The number of nitrogens with zero attached hydrogens (tertiary/aromatic N) is 1. The highest BCUT2D eigenvalue weighted by Gasteiger charge is 2.27. The molecule has 1 aromatic rings. The third-order valence-electron chi connectivity index (χ3n) is 3.75. The van der Waals surface area contributed by atoms with Crippen LogP contribution >= 0.6 is 0 Å². The van der Waals surface area contributed by atoms with Crippen molar-refractivity contribution in [1.82, 2.24) is 5.32 Å². The van der Waals surface area contributed by atoms with E-state index in [0.717, 1.165) is 26.1 Å². The summed E-state index contributed by atoms with van der Waals surface area (Å²) in [5.41, 5.74) is 3.10. The minimum Gasteiger partial charge on any atom is -0.369 e. The highest BCUT2D eigenvalue weighted by Crippen LogP contribution is 2.24. The van der Waals surface area contributed by atoms with Gasteiger partial charge in [0.1, 0.15) is 0 Å². The lowest BCUT2D eigenvalue weighted by atomic mass is 9.93. The third kappa shape index (κ3) is 3.26. The summed E-state index contributed by atoms with van der Waals surface area (Å²) in [5, 5.41) is 3.62. The van der Waals surface area contributed by atoms with Gasteiger partial charge in [0.15, 0.2) is 0 Å². The molecule has 0 bridgehead atoms. The maximum atomic E-state index is 3.62. The van der Waals surface area contributed by atoms with Gasteiger partial charge < -0.3 is 10.2 Å². The molecule has 1 aliphatic rings. The van der Waals surface area contributed by atoms with Gasteiger partial charge in [0.05, 0.1) is 0 Å². The summed E-state index contributed by atoms with van der Waals surface area (Å²) in [7, 11) is 0. The summed E-state index contributed by atoms with van der Waals surface area (Å²) in [6, 6.07) is 9.61. The molecule has 1 saturated heterocycles. The van der Waals surface area contributed by atoms with Crippen LogP contribution in [0.25, 0.3) is 0 Å². The van der Waals surface area contributed by atoms with E-state index in [1.165, 1.54) is 11.3 Å². The fourth-order valence-electron chi connectivity index (χ4n) is 2.62. The first-order valence-corrected chi connectivity index (χ1v) is 7.07. The molecule has 1 fully saturated rings. The van der Waals surface area contributed by atoms with Crippen LogP contribution in [0.4, 0.5) is 5.69 Å². The fourth-order valence-corrected chi connectivity index (χ4v) is 2.62. The van der Waals surface area contributed by atoms with Crippen LogP contribution in [0.2, 0.25) is 0 Å². The van der Waals surface area contributed by atoms with Crippen LogP contribution in [0, 0.1) is 5.41 Å². The first-order chi connectivity index (χ1) is 8.50. The molecule has 18 heavy (non-hydrogen) atoms. The SMILES string of the molecule is CCc1ccc(N2CC(C)NCC(C)(C)C2)cc1. The third-order valence-corrected chi connectivity index (χ3v) is 3.75. The number of anilines is 1. The molecule has 1 unspecified atom stereocenters. The van der Waals surface area contributed by atoms with Crippen molar-refractivity contribution in [3.63, 3.8) is 0 Å². The molecular weight excluding hydrogens is 220 g/mol. The van der Waals surface area contributed by atoms with Crippen molar-refractivity contribution in [1.29, 1.82) is 0 Å². The molecule has 2 rings (SSSR count). The largest absolute Gasteiger partial charge is 0.369 e. The number of hydrogen-bond donors (Lipinski definition) is 1. The summed E-state index contributed by atoms with van der Waals surface area (Å²) in [6.07, 6.45) is 1.11. The predicted octanol–water partition coefficient (Wildman–Crippen LogP) is 3.07. The molecule has 0 aliphatic carbocycles. The van der Waals surface area contributed by atoms with Crippen LogP contribution in [0.15, 0.2) is 24.3 Å². The van der Waals surface area contributed by atoms with E-state index in [-0.39, 0.29) is 0 Å². The Kier molecular flexibility index (Phi) is 3.96. The lowest BCUT2D eigenvalue weighted by molar-refractivity contribution is 0.362. The van der Waals surface area contributed by atoms with E-state index >= 15 is 0 Å². The first-order valence-electron chi connectivity index (χ1n) is 7.07. The maximum Gasteiger partial charge on any atom is 0.0367 e. The van der Waals surface area contributed by atoms with E-state index in [1.54, 1.807) is 0 Å². The van der Waals surface area contributed by atoms with Gasteiger partial charge in [-0.25, -0.2) is 0 Å². The maximum absolute atomic E-state index is 3.62. The second kappa shape index (κ2) is 5.31. The molecular formula is C16H26N2. The molecule has 1 heterocycles. The van der Waals surface area contributed by atoms with Gasteiger partial charge >= 0.3 is 0 Å². The topological polar surface area (TPSA) is 15.3 Å². The molecule has 1 aromatic carbocycles. The van der Waals surface area contributed by atoms with Gasteiger partial charge in [-0.2, -0.15) is 0 Å². The molecule has 0 amide bonds. The van der Waals surface area contributed by atoms with Crippen molar-refractivity contribution >= 4 is 5.69 Å². The molecule has 2 heteroatoms. The van der Waals surface area contributed by atoms with Crippen LogP contribution in [-0.4, -0.2) is 25.7 Å². The van der Waals surface area contributed by atoms with E-state index in [1.807, 2.05) is 0 Å². The molecule has 0 radical (unpaired) electrons. The van der Waals surface area contributed by atoms with E-state index in [0.29, 0.717) is 11.5 Å². The van der Waals surface area contributed by atoms with Crippen molar-refractivity contribution in [3.05, 3.63) is 29.8 Å². The Morgan fingerprint density at radius 3 is 2.56 bits per heavy atom. The summed E-state index contributed by atoms with van der Waals surface area (Å²) in [5.74, 6) is 0. The Bertz CT molecular complexity index is 381. The predicted molar refractivity (Wildman–Crippen MR) is 79.3 cm³/mol. The van der Waals surface area contributed by atoms with E-state index < -0.39 is 0 Å². The Hall–Kier alpha value is -1.02. The van der Waals surface area contributed by atoms with E-state index in [4.69, 9.17) is 0 Å². The lowest BCUT2D eigenvalue weighted by Crippen LogP contribution is -2.35. The average Bonchev–Trinajstić information content (AvgIpc) is 2.48. The van der Waals surface area contributed by atoms with Gasteiger partial charge in [-0.05, 0) is 36.5 Å². The van der Waals surface area contributed by atoms with Gasteiger partial charge in [0.25, 0.3) is 0 Å². The van der Waals surface area contributed by atoms with Gasteiger partial charge in [-0.1, -0.05) is 32.9 Å². The number of benzene rings is 1. The molecule has 0 spiro atoms. The second-order valence-corrected chi connectivity index (χ2v) is 6.35. The lowest BCUT2D eigenvalue weighted by Gasteiger charge is -2.31. The zero-order valence-corrected chi connectivity index (χ0v) is 12.2. The highest BCUT2D eigenvalue weighted by molar-refractivity contribution is 5.48. The molecule has 1 N–H and O–H groups in total. The van der Waals surface area contributed by atoms with Crippen LogP contribution in [-0.2, 0) is 6.42 Å². The van der Waals surface area contributed by atoms with Crippen LogP contribution in [0.5, 0.6) is 0 Å². The van der Waals surface area contributed by atoms with Gasteiger partial charge in [0.2, 0.25) is 0 Å². The van der Waals surface area contributed by atoms with Crippen LogP contribution < -0.4 is 10.2 Å². The molecule has 1 atom stereocenters. The van der Waals surface area contributed by atoms with Gasteiger partial charge in [-0.15, -0.1) is 0 Å². The number of hydrogen-bond acceptors (Lipinski definition) is 2. The summed E-state index contributed by atoms with van der Waals surface area (Å²) >= 11 is 0. The van der Waals surface area contributed by atoms with Gasteiger partial charge in [0, 0.05) is 31.4 Å². The Morgan fingerprint density at radius 1 is 1.28 bits per heavy atom. The van der Waals surface area contributed by atoms with Crippen molar-refractivity contribution in [2.75, 3.05) is 24.5 Å². The van der Waals surface area contributed by atoms with Crippen molar-refractivity contribution < 1.29 is 0 Å². The average molecular weight is 246 g/mol.